The average molecular weight is 199 g/mol. The zero-order chi connectivity index (χ0) is 10.8. The van der Waals surface area contributed by atoms with Crippen LogP contribution in [-0.2, 0) is 0 Å². The molecule has 1 rings (SSSR count). The number of nitrogens with zero attached hydrogens (tertiary/aromatic N) is 2. The number of nitrogens with two attached hydrogens (primary N) is 1. The minimum absolute atomic E-state index is 0.235. The van der Waals surface area contributed by atoms with Crippen LogP contribution in [0.25, 0.3) is 0 Å². The zero-order valence-electron chi connectivity index (χ0n) is 10.1. The molecule has 0 aliphatic carbocycles. The molecule has 3 heteroatoms. The summed E-state index contributed by atoms with van der Waals surface area (Å²) in [6.45, 7) is 10.9. The van der Waals surface area contributed by atoms with Crippen molar-refractivity contribution in [2.45, 2.75) is 38.8 Å². The summed E-state index contributed by atoms with van der Waals surface area (Å²) in [6, 6.07) is 0.647. The molecule has 0 radical (unpaired) electrons. The Kier molecular flexibility index (Phi) is 3.93. The van der Waals surface area contributed by atoms with Crippen molar-refractivity contribution >= 4 is 0 Å². The molecule has 1 atom stereocenters. The first-order valence-corrected chi connectivity index (χ1v) is 5.71. The Morgan fingerprint density at radius 2 is 2.14 bits per heavy atom. The molecule has 1 fully saturated rings. The standard InChI is InChI=1S/C11H25N3/c1-5-13(4)11(8-12)6-7-14(9-11)10(2)3/h10H,5-9,12H2,1-4H3. The van der Waals surface area contributed by atoms with Crippen LogP contribution in [0, 0.1) is 0 Å². The molecule has 84 valence electrons. The van der Waals surface area contributed by atoms with Gasteiger partial charge in [-0.3, -0.25) is 9.80 Å². The van der Waals surface area contributed by atoms with E-state index in [0.717, 1.165) is 19.6 Å². The van der Waals surface area contributed by atoms with Crippen molar-refractivity contribution < 1.29 is 0 Å². The van der Waals surface area contributed by atoms with E-state index in [2.05, 4.69) is 37.6 Å². The summed E-state index contributed by atoms with van der Waals surface area (Å²) in [5.74, 6) is 0. The first kappa shape index (κ1) is 12.0. The normalized spacial score (nSPS) is 29.4. The molecule has 0 spiro atoms. The molecule has 0 saturated carbocycles. The van der Waals surface area contributed by atoms with E-state index >= 15 is 0 Å². The molecule has 1 aliphatic rings. The van der Waals surface area contributed by atoms with Crippen molar-refractivity contribution in [3.63, 3.8) is 0 Å². The fourth-order valence-corrected chi connectivity index (χ4v) is 2.30. The highest BCUT2D eigenvalue weighted by Crippen LogP contribution is 2.27. The summed E-state index contributed by atoms with van der Waals surface area (Å²) in [5.41, 5.74) is 6.17. The minimum atomic E-state index is 0.235. The highest BCUT2D eigenvalue weighted by Gasteiger charge is 2.40. The highest BCUT2D eigenvalue weighted by atomic mass is 15.3. The van der Waals surface area contributed by atoms with E-state index < -0.39 is 0 Å². The van der Waals surface area contributed by atoms with E-state index in [4.69, 9.17) is 5.73 Å². The topological polar surface area (TPSA) is 32.5 Å². The SMILES string of the molecule is CCN(C)C1(CN)CCN(C(C)C)C1. The molecular weight excluding hydrogens is 174 g/mol. The van der Waals surface area contributed by atoms with E-state index in [1.807, 2.05) is 0 Å². The fourth-order valence-electron chi connectivity index (χ4n) is 2.30. The summed E-state index contributed by atoms with van der Waals surface area (Å²) in [5, 5.41) is 0. The molecule has 3 nitrogen and oxygen atoms in total. The highest BCUT2D eigenvalue weighted by molar-refractivity contribution is 4.99. The molecule has 1 heterocycles. The maximum Gasteiger partial charge on any atom is 0.0467 e. The van der Waals surface area contributed by atoms with Crippen molar-refractivity contribution in [2.75, 3.05) is 33.2 Å². The minimum Gasteiger partial charge on any atom is -0.329 e. The van der Waals surface area contributed by atoms with Gasteiger partial charge in [-0.2, -0.15) is 0 Å². The van der Waals surface area contributed by atoms with Crippen LogP contribution in [0.1, 0.15) is 27.2 Å². The van der Waals surface area contributed by atoms with Crippen molar-refractivity contribution in [1.29, 1.82) is 0 Å². The van der Waals surface area contributed by atoms with E-state index in [1.54, 1.807) is 0 Å². The summed E-state index contributed by atoms with van der Waals surface area (Å²) in [6.07, 6.45) is 1.21. The predicted molar refractivity (Wildman–Crippen MR) is 61.4 cm³/mol. The molecule has 0 aromatic heterocycles. The third-order valence-electron chi connectivity index (χ3n) is 3.76. The Bertz CT molecular complexity index is 181. The molecule has 14 heavy (non-hydrogen) atoms. The van der Waals surface area contributed by atoms with Gasteiger partial charge in [-0.25, -0.2) is 0 Å². The smallest absolute Gasteiger partial charge is 0.0467 e. The third-order valence-corrected chi connectivity index (χ3v) is 3.76. The average Bonchev–Trinajstić information content (AvgIpc) is 2.62. The number of hydrogen-bond acceptors (Lipinski definition) is 3. The Balaban J connectivity index is 2.66. The molecule has 2 N–H and O–H groups in total. The number of hydrogen-bond donors (Lipinski definition) is 1. The Hall–Kier alpha value is -0.120. The van der Waals surface area contributed by atoms with E-state index in [9.17, 15) is 0 Å². The van der Waals surface area contributed by atoms with Gasteiger partial charge in [-0.15, -0.1) is 0 Å². The second kappa shape index (κ2) is 4.60. The van der Waals surface area contributed by atoms with Gasteiger partial charge in [0.1, 0.15) is 0 Å². The van der Waals surface area contributed by atoms with Crippen molar-refractivity contribution in [1.82, 2.24) is 9.80 Å². The van der Waals surface area contributed by atoms with Crippen LogP contribution in [-0.4, -0.2) is 54.6 Å². The first-order valence-electron chi connectivity index (χ1n) is 5.71. The fraction of sp³-hybridized carbons (Fsp3) is 1.00. The van der Waals surface area contributed by atoms with Crippen molar-refractivity contribution in [2.24, 2.45) is 5.73 Å². The molecule has 1 unspecified atom stereocenters. The maximum atomic E-state index is 5.94. The quantitative estimate of drug-likeness (QED) is 0.725. The van der Waals surface area contributed by atoms with Gasteiger partial charge < -0.3 is 5.73 Å². The van der Waals surface area contributed by atoms with Crippen LogP contribution in [0.3, 0.4) is 0 Å². The van der Waals surface area contributed by atoms with Crippen LogP contribution in [0.5, 0.6) is 0 Å². The van der Waals surface area contributed by atoms with Crippen LogP contribution in [0.2, 0.25) is 0 Å². The Labute approximate surface area is 88.2 Å². The molecule has 0 bridgehead atoms. The molecule has 1 aliphatic heterocycles. The van der Waals surface area contributed by atoms with Gasteiger partial charge >= 0.3 is 0 Å². The van der Waals surface area contributed by atoms with Gasteiger partial charge in [0.05, 0.1) is 0 Å². The predicted octanol–water partition coefficient (Wildman–Crippen LogP) is 0.750. The first-order chi connectivity index (χ1) is 6.55. The van der Waals surface area contributed by atoms with Gasteiger partial charge in [-0.05, 0) is 33.9 Å². The van der Waals surface area contributed by atoms with Crippen molar-refractivity contribution in [3.05, 3.63) is 0 Å². The van der Waals surface area contributed by atoms with Crippen LogP contribution in [0.4, 0.5) is 0 Å². The Morgan fingerprint density at radius 1 is 1.50 bits per heavy atom. The van der Waals surface area contributed by atoms with E-state index in [1.165, 1.54) is 13.0 Å². The van der Waals surface area contributed by atoms with Gasteiger partial charge in [0.15, 0.2) is 0 Å². The van der Waals surface area contributed by atoms with Gasteiger partial charge in [0.25, 0.3) is 0 Å². The molecule has 1 saturated heterocycles. The summed E-state index contributed by atoms with van der Waals surface area (Å²) in [4.78, 5) is 4.94. The largest absolute Gasteiger partial charge is 0.329 e. The second-order valence-corrected chi connectivity index (χ2v) is 4.76. The van der Waals surface area contributed by atoms with E-state index in [0.29, 0.717) is 6.04 Å². The lowest BCUT2D eigenvalue weighted by Crippen LogP contribution is -2.54. The summed E-state index contributed by atoms with van der Waals surface area (Å²) in [7, 11) is 2.19. The van der Waals surface area contributed by atoms with Crippen molar-refractivity contribution in [3.8, 4) is 0 Å². The number of likely N-dealkylation sites (N-methyl/N-ethyl adjacent to an activating group) is 1. The maximum absolute atomic E-state index is 5.94. The molecular formula is C11H25N3. The number of likely N-dealkylation sites (tertiary alicyclic amines) is 1. The summed E-state index contributed by atoms with van der Waals surface area (Å²) >= 11 is 0. The van der Waals surface area contributed by atoms with Crippen LogP contribution >= 0.6 is 0 Å². The Morgan fingerprint density at radius 3 is 2.50 bits per heavy atom. The van der Waals surface area contributed by atoms with Gasteiger partial charge in [0, 0.05) is 31.2 Å². The lowest BCUT2D eigenvalue weighted by atomic mass is 9.97. The van der Waals surface area contributed by atoms with Gasteiger partial charge in [0.2, 0.25) is 0 Å². The summed E-state index contributed by atoms with van der Waals surface area (Å²) < 4.78 is 0. The van der Waals surface area contributed by atoms with Gasteiger partial charge in [-0.1, -0.05) is 6.92 Å². The van der Waals surface area contributed by atoms with E-state index in [-0.39, 0.29) is 5.54 Å². The second-order valence-electron chi connectivity index (χ2n) is 4.76. The van der Waals surface area contributed by atoms with Crippen LogP contribution in [0.15, 0.2) is 0 Å². The lowest BCUT2D eigenvalue weighted by molar-refractivity contribution is 0.129. The number of rotatable bonds is 4. The third kappa shape index (κ3) is 2.10. The van der Waals surface area contributed by atoms with Crippen LogP contribution < -0.4 is 5.73 Å². The zero-order valence-corrected chi connectivity index (χ0v) is 10.1. The lowest BCUT2D eigenvalue weighted by Gasteiger charge is -2.37. The molecule has 0 aromatic carbocycles. The molecule has 0 amide bonds. The molecule has 0 aromatic rings. The monoisotopic (exact) mass is 199 g/mol.